The largest absolute Gasteiger partial charge is 0.339 e. The lowest BCUT2D eigenvalue weighted by Gasteiger charge is -2.04. The molecule has 0 bridgehead atoms. The number of hydrogen-bond acceptors (Lipinski definition) is 5. The summed E-state index contributed by atoms with van der Waals surface area (Å²) in [5.41, 5.74) is 5.31. The van der Waals surface area contributed by atoms with Crippen LogP contribution in [-0.4, -0.2) is 21.0 Å². The Balaban J connectivity index is 1.63. The van der Waals surface area contributed by atoms with Gasteiger partial charge in [-0.3, -0.25) is 0 Å². The molecule has 22 heavy (non-hydrogen) atoms. The van der Waals surface area contributed by atoms with Gasteiger partial charge < -0.3 is 5.32 Å². The summed E-state index contributed by atoms with van der Waals surface area (Å²) >= 11 is 4.46. The van der Waals surface area contributed by atoms with Crippen LogP contribution in [0.25, 0.3) is 11.0 Å². The summed E-state index contributed by atoms with van der Waals surface area (Å²) in [6.45, 7) is 0. The van der Waals surface area contributed by atoms with E-state index in [-0.39, 0.29) is 0 Å². The van der Waals surface area contributed by atoms with Crippen molar-refractivity contribution in [2.24, 2.45) is 5.10 Å². The first-order valence-corrected chi connectivity index (χ1v) is 7.81. The SMILES string of the molecule is O=C(NN=Cc1ccc(Br)cc1)Nc1cccc2nsnc12. The number of halogens is 1. The smallest absolute Gasteiger partial charge is 0.304 e. The van der Waals surface area contributed by atoms with Gasteiger partial charge in [0.25, 0.3) is 0 Å². The second kappa shape index (κ2) is 6.63. The fourth-order valence-corrected chi connectivity index (χ4v) is 2.59. The third kappa shape index (κ3) is 3.46. The van der Waals surface area contributed by atoms with E-state index in [9.17, 15) is 4.79 Å². The van der Waals surface area contributed by atoms with Crippen LogP contribution in [0, 0.1) is 0 Å². The number of nitrogens with zero attached hydrogens (tertiary/aromatic N) is 3. The molecular formula is C14H10BrN5OS. The van der Waals surface area contributed by atoms with Crippen molar-refractivity contribution in [3.8, 4) is 0 Å². The molecule has 2 amide bonds. The minimum atomic E-state index is -0.436. The first-order valence-electron chi connectivity index (χ1n) is 6.29. The molecule has 3 rings (SSSR count). The van der Waals surface area contributed by atoms with Gasteiger partial charge in [0.1, 0.15) is 11.0 Å². The van der Waals surface area contributed by atoms with Crippen LogP contribution < -0.4 is 10.7 Å². The van der Waals surface area contributed by atoms with Gasteiger partial charge in [-0.2, -0.15) is 13.8 Å². The third-order valence-corrected chi connectivity index (χ3v) is 3.86. The van der Waals surface area contributed by atoms with Crippen molar-refractivity contribution in [1.29, 1.82) is 0 Å². The molecule has 110 valence electrons. The van der Waals surface area contributed by atoms with E-state index >= 15 is 0 Å². The van der Waals surface area contributed by atoms with Crippen LogP contribution in [0.2, 0.25) is 0 Å². The zero-order valence-corrected chi connectivity index (χ0v) is 13.6. The number of carbonyl (C=O) groups is 1. The topological polar surface area (TPSA) is 79.3 Å². The lowest BCUT2D eigenvalue weighted by atomic mass is 10.2. The molecule has 0 unspecified atom stereocenters. The number of amides is 2. The molecule has 8 heteroatoms. The van der Waals surface area contributed by atoms with Crippen LogP contribution in [0.15, 0.2) is 52.0 Å². The summed E-state index contributed by atoms with van der Waals surface area (Å²) in [6.07, 6.45) is 1.57. The van der Waals surface area contributed by atoms with Gasteiger partial charge in [-0.05, 0) is 29.8 Å². The monoisotopic (exact) mass is 375 g/mol. The fourth-order valence-electron chi connectivity index (χ4n) is 1.77. The highest BCUT2D eigenvalue weighted by Crippen LogP contribution is 2.20. The Morgan fingerprint density at radius 3 is 2.82 bits per heavy atom. The number of aromatic nitrogens is 2. The zero-order chi connectivity index (χ0) is 15.4. The molecule has 0 aliphatic carbocycles. The summed E-state index contributed by atoms with van der Waals surface area (Å²) < 4.78 is 9.26. The van der Waals surface area contributed by atoms with Crippen molar-refractivity contribution in [3.63, 3.8) is 0 Å². The molecule has 1 heterocycles. The number of carbonyl (C=O) groups excluding carboxylic acids is 1. The normalized spacial score (nSPS) is 11.0. The number of fused-ring (bicyclic) bond motifs is 1. The van der Waals surface area contributed by atoms with Crippen LogP contribution in [0.4, 0.5) is 10.5 Å². The molecule has 2 N–H and O–H groups in total. The van der Waals surface area contributed by atoms with Crippen molar-refractivity contribution in [3.05, 3.63) is 52.5 Å². The van der Waals surface area contributed by atoms with Crippen LogP contribution in [0.3, 0.4) is 0 Å². The highest BCUT2D eigenvalue weighted by Gasteiger charge is 2.07. The average molecular weight is 376 g/mol. The number of hydrogen-bond donors (Lipinski definition) is 2. The van der Waals surface area contributed by atoms with E-state index in [1.165, 1.54) is 0 Å². The van der Waals surface area contributed by atoms with Gasteiger partial charge in [-0.25, -0.2) is 10.2 Å². The Kier molecular flexibility index (Phi) is 4.40. The molecular weight excluding hydrogens is 366 g/mol. The number of nitrogens with one attached hydrogen (secondary N) is 2. The molecule has 0 aliphatic rings. The highest BCUT2D eigenvalue weighted by molar-refractivity contribution is 9.10. The summed E-state index contributed by atoms with van der Waals surface area (Å²) in [5.74, 6) is 0. The minimum Gasteiger partial charge on any atom is -0.304 e. The molecule has 3 aromatic rings. The van der Waals surface area contributed by atoms with Crippen molar-refractivity contribution < 1.29 is 4.79 Å². The number of urea groups is 1. The van der Waals surface area contributed by atoms with E-state index in [4.69, 9.17) is 0 Å². The van der Waals surface area contributed by atoms with E-state index in [1.54, 1.807) is 12.3 Å². The van der Waals surface area contributed by atoms with Gasteiger partial charge in [-0.1, -0.05) is 34.1 Å². The molecule has 1 aromatic heterocycles. The Hall–Kier alpha value is -2.32. The highest BCUT2D eigenvalue weighted by atomic mass is 79.9. The summed E-state index contributed by atoms with van der Waals surface area (Å²) in [6, 6.07) is 12.5. The predicted octanol–water partition coefficient (Wildman–Crippen LogP) is 3.61. The quantitative estimate of drug-likeness (QED) is 0.541. The Labute approximate surface area is 138 Å². The van der Waals surface area contributed by atoms with Gasteiger partial charge in [-0.15, -0.1) is 0 Å². The molecule has 0 aliphatic heterocycles. The second-order valence-electron chi connectivity index (χ2n) is 4.31. The maximum Gasteiger partial charge on any atom is 0.339 e. The minimum absolute atomic E-state index is 0.436. The summed E-state index contributed by atoms with van der Waals surface area (Å²) in [5, 5.41) is 6.60. The Morgan fingerprint density at radius 2 is 2.00 bits per heavy atom. The lowest BCUT2D eigenvalue weighted by Crippen LogP contribution is -2.24. The zero-order valence-electron chi connectivity index (χ0n) is 11.2. The predicted molar refractivity (Wildman–Crippen MR) is 91.3 cm³/mol. The maximum atomic E-state index is 11.8. The fraction of sp³-hybridized carbons (Fsp3) is 0. The maximum absolute atomic E-state index is 11.8. The standard InChI is InChI=1S/C14H10BrN5OS/c15-10-6-4-9(5-7-10)8-16-18-14(21)17-11-2-1-3-12-13(11)20-22-19-12/h1-8H,(H2,17,18,21). The van der Waals surface area contributed by atoms with Crippen molar-refractivity contribution >= 4 is 56.6 Å². The van der Waals surface area contributed by atoms with Crippen molar-refractivity contribution in [2.75, 3.05) is 5.32 Å². The third-order valence-electron chi connectivity index (χ3n) is 2.78. The number of rotatable bonds is 3. The van der Waals surface area contributed by atoms with Gasteiger partial charge in [0, 0.05) is 4.47 Å². The first-order chi connectivity index (χ1) is 10.7. The molecule has 0 saturated heterocycles. The van der Waals surface area contributed by atoms with Gasteiger partial charge in [0.05, 0.1) is 23.6 Å². The van der Waals surface area contributed by atoms with Gasteiger partial charge in [0.2, 0.25) is 0 Å². The van der Waals surface area contributed by atoms with Gasteiger partial charge in [0.15, 0.2) is 0 Å². The van der Waals surface area contributed by atoms with Crippen LogP contribution >= 0.6 is 27.7 Å². The Bertz CT molecular complexity index is 831. The molecule has 2 aromatic carbocycles. The number of benzene rings is 2. The van der Waals surface area contributed by atoms with Crippen LogP contribution in [0.1, 0.15) is 5.56 Å². The number of anilines is 1. The van der Waals surface area contributed by atoms with E-state index in [2.05, 4.69) is 40.5 Å². The molecule has 0 saturated carbocycles. The lowest BCUT2D eigenvalue weighted by molar-refractivity contribution is 0.252. The summed E-state index contributed by atoms with van der Waals surface area (Å²) in [4.78, 5) is 11.8. The van der Waals surface area contributed by atoms with Crippen LogP contribution in [0.5, 0.6) is 0 Å². The molecule has 0 atom stereocenters. The van der Waals surface area contributed by atoms with E-state index in [0.29, 0.717) is 11.2 Å². The summed E-state index contributed by atoms with van der Waals surface area (Å²) in [7, 11) is 0. The molecule has 6 nitrogen and oxygen atoms in total. The van der Waals surface area contributed by atoms with Crippen molar-refractivity contribution in [2.45, 2.75) is 0 Å². The van der Waals surface area contributed by atoms with E-state index < -0.39 is 6.03 Å². The van der Waals surface area contributed by atoms with Gasteiger partial charge >= 0.3 is 6.03 Å². The molecule has 0 radical (unpaired) electrons. The molecule has 0 spiro atoms. The van der Waals surface area contributed by atoms with E-state index in [0.717, 1.165) is 27.3 Å². The Morgan fingerprint density at radius 1 is 1.18 bits per heavy atom. The average Bonchev–Trinajstić information content (AvgIpc) is 2.99. The second-order valence-corrected chi connectivity index (χ2v) is 5.76. The van der Waals surface area contributed by atoms with E-state index in [1.807, 2.05) is 36.4 Å². The van der Waals surface area contributed by atoms with Crippen LogP contribution in [-0.2, 0) is 0 Å². The van der Waals surface area contributed by atoms with Crippen molar-refractivity contribution in [1.82, 2.24) is 14.2 Å². The molecule has 0 fully saturated rings. The number of hydrazone groups is 1. The first kappa shape index (κ1) is 14.6.